The van der Waals surface area contributed by atoms with Gasteiger partial charge in [-0.3, -0.25) is 0 Å². The lowest BCUT2D eigenvalue weighted by molar-refractivity contribution is 0.0697. The van der Waals surface area contributed by atoms with Gasteiger partial charge in [0.1, 0.15) is 0 Å². The number of carbonyl (C=O) groups is 1. The predicted octanol–water partition coefficient (Wildman–Crippen LogP) is 4.67. The Morgan fingerprint density at radius 1 is 1.06 bits per heavy atom. The predicted molar refractivity (Wildman–Crippen MR) is 73.6 cm³/mol. The first-order chi connectivity index (χ1) is 8.49. The van der Waals surface area contributed by atoms with Gasteiger partial charge in [0.05, 0.1) is 5.56 Å². The van der Waals surface area contributed by atoms with Crippen molar-refractivity contribution in [3.63, 3.8) is 0 Å². The molecule has 0 saturated heterocycles. The molecule has 2 aromatic carbocycles. The minimum atomic E-state index is -0.972. The minimum Gasteiger partial charge on any atom is -0.478 e. The van der Waals surface area contributed by atoms with E-state index in [-0.39, 0.29) is 5.56 Å². The molecule has 0 aliphatic heterocycles. The zero-order chi connectivity index (χ0) is 13.3. The third-order valence-electron chi connectivity index (χ3n) is 2.63. The molecule has 0 fully saturated rings. The van der Waals surface area contributed by atoms with Gasteiger partial charge in [0.2, 0.25) is 0 Å². The molecule has 0 saturated carbocycles. The molecule has 2 nitrogen and oxygen atoms in total. The van der Waals surface area contributed by atoms with E-state index in [1.165, 1.54) is 0 Å². The van der Waals surface area contributed by atoms with Crippen molar-refractivity contribution in [1.82, 2.24) is 0 Å². The number of hydrogen-bond acceptors (Lipinski definition) is 1. The van der Waals surface area contributed by atoms with Crippen LogP contribution in [0.4, 0.5) is 0 Å². The van der Waals surface area contributed by atoms with Gasteiger partial charge in [-0.25, -0.2) is 4.79 Å². The van der Waals surface area contributed by atoms with Gasteiger partial charge in [0.25, 0.3) is 0 Å². The Morgan fingerprint density at radius 3 is 2.33 bits per heavy atom. The molecule has 18 heavy (non-hydrogen) atoms. The van der Waals surface area contributed by atoms with Gasteiger partial charge in [0.15, 0.2) is 0 Å². The average Bonchev–Trinajstić information content (AvgIpc) is 2.29. The van der Waals surface area contributed by atoms with Gasteiger partial charge in [0, 0.05) is 15.6 Å². The first-order valence-corrected chi connectivity index (χ1v) is 6.04. The molecule has 92 valence electrons. The van der Waals surface area contributed by atoms with Crippen LogP contribution >= 0.6 is 23.2 Å². The van der Waals surface area contributed by atoms with Crippen molar-refractivity contribution < 1.29 is 9.90 Å². The molecule has 2 rings (SSSR count). The Labute approximate surface area is 115 Å². The summed E-state index contributed by atoms with van der Waals surface area (Å²) < 4.78 is 0. The zero-order valence-corrected chi connectivity index (χ0v) is 11.1. The number of aryl methyl sites for hydroxylation is 1. The van der Waals surface area contributed by atoms with Gasteiger partial charge in [-0.15, -0.1) is 0 Å². The monoisotopic (exact) mass is 280 g/mol. The summed E-state index contributed by atoms with van der Waals surface area (Å²) in [6.45, 7) is 1.85. The second kappa shape index (κ2) is 5.01. The van der Waals surface area contributed by atoms with E-state index < -0.39 is 5.97 Å². The Balaban J connectivity index is 2.67. The van der Waals surface area contributed by atoms with Crippen LogP contribution in [0.1, 0.15) is 15.9 Å². The fraction of sp³-hybridized carbons (Fsp3) is 0.0714. The van der Waals surface area contributed by atoms with E-state index in [1.54, 1.807) is 30.3 Å². The van der Waals surface area contributed by atoms with E-state index in [1.807, 2.05) is 13.0 Å². The quantitative estimate of drug-likeness (QED) is 0.868. The lowest BCUT2D eigenvalue weighted by Crippen LogP contribution is -2.00. The van der Waals surface area contributed by atoms with Gasteiger partial charge < -0.3 is 5.11 Å². The summed E-state index contributed by atoms with van der Waals surface area (Å²) in [7, 11) is 0. The second-order valence-electron chi connectivity index (χ2n) is 3.98. The smallest absolute Gasteiger partial charge is 0.336 e. The van der Waals surface area contributed by atoms with Gasteiger partial charge in [-0.2, -0.15) is 0 Å². The highest BCUT2D eigenvalue weighted by atomic mass is 35.5. The van der Waals surface area contributed by atoms with Crippen molar-refractivity contribution in [2.75, 3.05) is 0 Å². The minimum absolute atomic E-state index is 0.235. The molecule has 0 aromatic heterocycles. The molecular formula is C14H10Cl2O2. The molecule has 0 amide bonds. The molecule has 2 aromatic rings. The Morgan fingerprint density at radius 2 is 1.72 bits per heavy atom. The number of carboxylic acid groups (broad SMARTS) is 1. The van der Waals surface area contributed by atoms with Crippen molar-refractivity contribution in [3.05, 3.63) is 57.6 Å². The SMILES string of the molecule is Cc1ccc(-c2ccc(Cl)cc2Cl)c(C(=O)O)c1. The van der Waals surface area contributed by atoms with E-state index >= 15 is 0 Å². The summed E-state index contributed by atoms with van der Waals surface area (Å²) in [5.74, 6) is -0.972. The van der Waals surface area contributed by atoms with Gasteiger partial charge in [-0.05, 0) is 30.7 Å². The third-order valence-corrected chi connectivity index (χ3v) is 3.17. The highest BCUT2D eigenvalue weighted by molar-refractivity contribution is 6.36. The summed E-state index contributed by atoms with van der Waals surface area (Å²) in [4.78, 5) is 11.3. The second-order valence-corrected chi connectivity index (χ2v) is 4.82. The van der Waals surface area contributed by atoms with E-state index in [9.17, 15) is 9.90 Å². The molecule has 1 N–H and O–H groups in total. The topological polar surface area (TPSA) is 37.3 Å². The lowest BCUT2D eigenvalue weighted by atomic mass is 9.98. The molecule has 0 aliphatic rings. The maximum atomic E-state index is 11.3. The molecule has 0 bridgehead atoms. The number of benzene rings is 2. The number of hydrogen-bond donors (Lipinski definition) is 1. The van der Waals surface area contributed by atoms with Gasteiger partial charge >= 0.3 is 5.97 Å². The Hall–Kier alpha value is -1.51. The van der Waals surface area contributed by atoms with Crippen molar-refractivity contribution in [2.45, 2.75) is 6.92 Å². The molecule has 0 aliphatic carbocycles. The molecule has 0 unspecified atom stereocenters. The van der Waals surface area contributed by atoms with Crippen LogP contribution < -0.4 is 0 Å². The maximum absolute atomic E-state index is 11.3. The summed E-state index contributed by atoms with van der Waals surface area (Å²) in [5.41, 5.74) is 2.38. The van der Waals surface area contributed by atoms with Crippen LogP contribution in [0.25, 0.3) is 11.1 Å². The van der Waals surface area contributed by atoms with Crippen LogP contribution in [-0.2, 0) is 0 Å². The van der Waals surface area contributed by atoms with E-state index in [2.05, 4.69) is 0 Å². The summed E-state index contributed by atoms with van der Waals surface area (Å²) >= 11 is 11.9. The van der Waals surface area contributed by atoms with Crippen molar-refractivity contribution in [1.29, 1.82) is 0 Å². The largest absolute Gasteiger partial charge is 0.478 e. The highest BCUT2D eigenvalue weighted by Crippen LogP contribution is 2.32. The fourth-order valence-electron chi connectivity index (χ4n) is 1.78. The zero-order valence-electron chi connectivity index (χ0n) is 9.58. The van der Waals surface area contributed by atoms with E-state index in [0.717, 1.165) is 5.56 Å². The number of aromatic carboxylic acids is 1. The summed E-state index contributed by atoms with van der Waals surface area (Å²) in [6.07, 6.45) is 0. The standard InChI is InChI=1S/C14H10Cl2O2/c1-8-2-4-10(12(6-8)14(17)18)11-5-3-9(15)7-13(11)16/h2-7H,1H3,(H,17,18). The van der Waals surface area contributed by atoms with Crippen molar-refractivity contribution in [3.8, 4) is 11.1 Å². The van der Waals surface area contributed by atoms with Gasteiger partial charge in [-0.1, -0.05) is 47.0 Å². The number of carboxylic acids is 1. The van der Waals surface area contributed by atoms with Crippen molar-refractivity contribution >= 4 is 29.2 Å². The van der Waals surface area contributed by atoms with E-state index in [0.29, 0.717) is 21.2 Å². The van der Waals surface area contributed by atoms with Crippen molar-refractivity contribution in [2.24, 2.45) is 0 Å². The fourth-order valence-corrected chi connectivity index (χ4v) is 2.29. The van der Waals surface area contributed by atoms with Crippen LogP contribution in [0, 0.1) is 6.92 Å². The maximum Gasteiger partial charge on any atom is 0.336 e. The van der Waals surface area contributed by atoms with Crippen LogP contribution in [-0.4, -0.2) is 11.1 Å². The molecule has 0 atom stereocenters. The van der Waals surface area contributed by atoms with E-state index in [4.69, 9.17) is 23.2 Å². The Kier molecular flexibility index (Phi) is 3.60. The lowest BCUT2D eigenvalue weighted by Gasteiger charge is -2.09. The Bertz CT molecular complexity index is 621. The van der Waals surface area contributed by atoms with Crippen LogP contribution in [0.3, 0.4) is 0 Å². The molecule has 0 spiro atoms. The molecule has 4 heteroatoms. The first kappa shape index (κ1) is 12.9. The third kappa shape index (κ3) is 2.50. The average molecular weight is 281 g/mol. The van der Waals surface area contributed by atoms with Crippen LogP contribution in [0.15, 0.2) is 36.4 Å². The highest BCUT2D eigenvalue weighted by Gasteiger charge is 2.14. The molecule has 0 heterocycles. The number of halogens is 2. The van der Waals surface area contributed by atoms with Crippen LogP contribution in [0.5, 0.6) is 0 Å². The number of rotatable bonds is 2. The van der Waals surface area contributed by atoms with Crippen LogP contribution in [0.2, 0.25) is 10.0 Å². The summed E-state index contributed by atoms with van der Waals surface area (Å²) in [6, 6.07) is 10.3. The molecule has 0 radical (unpaired) electrons. The normalized spacial score (nSPS) is 10.4. The first-order valence-electron chi connectivity index (χ1n) is 5.28. The summed E-state index contributed by atoms with van der Waals surface area (Å²) in [5, 5.41) is 10.2. The molecular weight excluding hydrogens is 271 g/mol.